The van der Waals surface area contributed by atoms with Gasteiger partial charge in [-0.15, -0.1) is 0 Å². The molecular formula is C20H22ClN3O3. The van der Waals surface area contributed by atoms with E-state index >= 15 is 0 Å². The quantitative estimate of drug-likeness (QED) is 0.822. The number of carbonyl (C=O) groups excluding carboxylic acids is 1. The van der Waals surface area contributed by atoms with Crippen LogP contribution in [0.5, 0.6) is 0 Å². The molecule has 1 heterocycles. The molecule has 6 nitrogen and oxygen atoms in total. The van der Waals surface area contributed by atoms with Crippen molar-refractivity contribution in [1.82, 2.24) is 4.90 Å². The number of likely N-dealkylation sites (N-methyl/N-ethyl adjacent to an activating group) is 1. The fourth-order valence-electron chi connectivity index (χ4n) is 3.20. The number of anilines is 2. The molecule has 27 heavy (non-hydrogen) atoms. The lowest BCUT2D eigenvalue weighted by Gasteiger charge is -2.36. The molecule has 7 heteroatoms. The molecule has 0 spiro atoms. The summed E-state index contributed by atoms with van der Waals surface area (Å²) < 4.78 is 0. The van der Waals surface area contributed by atoms with Crippen LogP contribution < -0.4 is 10.2 Å². The maximum absolute atomic E-state index is 12.4. The Bertz CT molecular complexity index is 848. The van der Waals surface area contributed by atoms with Gasteiger partial charge in [0, 0.05) is 42.5 Å². The smallest absolute Gasteiger partial charge is 0.337 e. The van der Waals surface area contributed by atoms with Crippen LogP contribution in [0.3, 0.4) is 0 Å². The van der Waals surface area contributed by atoms with E-state index in [0.29, 0.717) is 22.0 Å². The van der Waals surface area contributed by atoms with Crippen molar-refractivity contribution < 1.29 is 14.7 Å². The second-order valence-electron chi connectivity index (χ2n) is 6.42. The van der Waals surface area contributed by atoms with E-state index in [0.717, 1.165) is 32.7 Å². The van der Waals surface area contributed by atoms with Crippen LogP contribution in [0, 0.1) is 0 Å². The molecule has 2 N–H and O–H groups in total. The maximum atomic E-state index is 12.4. The highest BCUT2D eigenvalue weighted by Gasteiger charge is 2.21. The number of hydrogen-bond donors (Lipinski definition) is 2. The van der Waals surface area contributed by atoms with Crippen molar-refractivity contribution >= 4 is 34.9 Å². The molecular weight excluding hydrogens is 366 g/mol. The van der Waals surface area contributed by atoms with Gasteiger partial charge in [-0.1, -0.05) is 24.6 Å². The van der Waals surface area contributed by atoms with Gasteiger partial charge in [-0.25, -0.2) is 4.79 Å². The summed E-state index contributed by atoms with van der Waals surface area (Å²) in [4.78, 5) is 28.6. The number of carboxylic acid groups (broad SMARTS) is 1. The minimum atomic E-state index is -1.01. The van der Waals surface area contributed by atoms with Crippen LogP contribution in [0.1, 0.15) is 27.6 Å². The van der Waals surface area contributed by atoms with E-state index in [4.69, 9.17) is 11.6 Å². The Morgan fingerprint density at radius 3 is 2.48 bits per heavy atom. The number of carbonyl (C=O) groups is 2. The zero-order valence-corrected chi connectivity index (χ0v) is 15.9. The van der Waals surface area contributed by atoms with Crippen LogP contribution >= 0.6 is 11.6 Å². The van der Waals surface area contributed by atoms with Gasteiger partial charge in [0.25, 0.3) is 5.91 Å². The average Bonchev–Trinajstić information content (AvgIpc) is 2.68. The molecule has 1 aliphatic rings. The van der Waals surface area contributed by atoms with E-state index in [9.17, 15) is 14.7 Å². The summed E-state index contributed by atoms with van der Waals surface area (Å²) in [5.41, 5.74) is 1.72. The van der Waals surface area contributed by atoms with Crippen LogP contribution in [0.25, 0.3) is 0 Å². The van der Waals surface area contributed by atoms with Gasteiger partial charge in [-0.3, -0.25) is 4.79 Å². The summed E-state index contributed by atoms with van der Waals surface area (Å²) in [5.74, 6) is -1.35. The summed E-state index contributed by atoms with van der Waals surface area (Å²) in [6.07, 6.45) is 0. The lowest BCUT2D eigenvalue weighted by Crippen LogP contribution is -2.46. The van der Waals surface area contributed by atoms with Crippen molar-refractivity contribution in [3.05, 3.63) is 58.6 Å². The van der Waals surface area contributed by atoms with Crippen LogP contribution in [0.2, 0.25) is 5.02 Å². The van der Waals surface area contributed by atoms with Gasteiger partial charge in [0.2, 0.25) is 0 Å². The number of halogens is 1. The number of piperazine rings is 1. The molecule has 0 aliphatic carbocycles. The molecule has 1 fully saturated rings. The number of nitrogens with one attached hydrogen (secondary N) is 1. The summed E-state index contributed by atoms with van der Waals surface area (Å²) in [6, 6.07) is 11.6. The molecule has 0 bridgehead atoms. The maximum Gasteiger partial charge on any atom is 0.337 e. The predicted molar refractivity (Wildman–Crippen MR) is 107 cm³/mol. The zero-order valence-electron chi connectivity index (χ0n) is 15.1. The lowest BCUT2D eigenvalue weighted by atomic mass is 10.1. The standard InChI is InChI=1S/C20H22ClN3O3/c1-2-23-8-10-24(11-9-23)18-7-6-16(13-17(18)20(26)27)22-19(25)14-4-3-5-15(21)12-14/h3-7,12-13H,2,8-11H2,1H3,(H,22,25)(H,26,27). The molecule has 0 radical (unpaired) electrons. The van der Waals surface area contributed by atoms with Crippen molar-refractivity contribution in [2.45, 2.75) is 6.92 Å². The summed E-state index contributed by atoms with van der Waals surface area (Å²) in [6.45, 7) is 6.49. The van der Waals surface area contributed by atoms with Crippen LogP contribution in [-0.4, -0.2) is 54.6 Å². The van der Waals surface area contributed by atoms with E-state index in [1.807, 2.05) is 0 Å². The molecule has 142 valence electrons. The first-order valence-corrected chi connectivity index (χ1v) is 9.27. The minimum absolute atomic E-state index is 0.184. The van der Waals surface area contributed by atoms with Gasteiger partial charge in [0.05, 0.1) is 11.3 Å². The third-order valence-electron chi connectivity index (χ3n) is 4.73. The Morgan fingerprint density at radius 1 is 1.11 bits per heavy atom. The summed E-state index contributed by atoms with van der Waals surface area (Å²) in [5, 5.41) is 12.8. The SMILES string of the molecule is CCN1CCN(c2ccc(NC(=O)c3cccc(Cl)c3)cc2C(=O)O)CC1. The molecule has 2 aromatic carbocycles. The summed E-state index contributed by atoms with van der Waals surface area (Å²) in [7, 11) is 0. The van der Waals surface area contributed by atoms with Gasteiger partial charge < -0.3 is 20.2 Å². The first kappa shape index (κ1) is 19.2. The first-order chi connectivity index (χ1) is 13.0. The largest absolute Gasteiger partial charge is 0.478 e. The van der Waals surface area contributed by atoms with Gasteiger partial charge in [-0.2, -0.15) is 0 Å². The van der Waals surface area contributed by atoms with Crippen LogP contribution in [-0.2, 0) is 0 Å². The Labute approximate surface area is 163 Å². The van der Waals surface area contributed by atoms with Crippen molar-refractivity contribution in [2.24, 2.45) is 0 Å². The monoisotopic (exact) mass is 387 g/mol. The van der Waals surface area contributed by atoms with E-state index in [-0.39, 0.29) is 11.5 Å². The molecule has 1 amide bonds. The van der Waals surface area contributed by atoms with E-state index < -0.39 is 5.97 Å². The number of rotatable bonds is 5. The Balaban J connectivity index is 1.79. The third-order valence-corrected chi connectivity index (χ3v) is 4.97. The van der Waals surface area contributed by atoms with Crippen molar-refractivity contribution in [1.29, 1.82) is 0 Å². The van der Waals surface area contributed by atoms with Crippen molar-refractivity contribution in [3.63, 3.8) is 0 Å². The topological polar surface area (TPSA) is 72.9 Å². The van der Waals surface area contributed by atoms with Crippen LogP contribution in [0.4, 0.5) is 11.4 Å². The molecule has 0 aromatic heterocycles. The number of amides is 1. The molecule has 0 unspecified atom stereocenters. The number of aromatic carboxylic acids is 1. The normalized spacial score (nSPS) is 14.8. The molecule has 3 rings (SSSR count). The van der Waals surface area contributed by atoms with Crippen molar-refractivity contribution in [3.8, 4) is 0 Å². The number of benzene rings is 2. The van der Waals surface area contributed by atoms with E-state index in [2.05, 4.69) is 22.0 Å². The fraction of sp³-hybridized carbons (Fsp3) is 0.300. The highest BCUT2D eigenvalue weighted by Crippen LogP contribution is 2.26. The first-order valence-electron chi connectivity index (χ1n) is 8.89. The number of carboxylic acids is 1. The zero-order chi connectivity index (χ0) is 19.4. The van der Waals surface area contributed by atoms with E-state index in [1.165, 1.54) is 6.07 Å². The molecule has 1 saturated heterocycles. The fourth-order valence-corrected chi connectivity index (χ4v) is 3.39. The van der Waals surface area contributed by atoms with Gasteiger partial charge in [-0.05, 0) is 42.9 Å². The Morgan fingerprint density at radius 2 is 1.85 bits per heavy atom. The van der Waals surface area contributed by atoms with Crippen LogP contribution in [0.15, 0.2) is 42.5 Å². The predicted octanol–water partition coefficient (Wildman–Crippen LogP) is 3.43. The Kier molecular flexibility index (Phi) is 5.98. The van der Waals surface area contributed by atoms with Gasteiger partial charge >= 0.3 is 5.97 Å². The second-order valence-corrected chi connectivity index (χ2v) is 6.86. The summed E-state index contributed by atoms with van der Waals surface area (Å²) >= 11 is 5.92. The average molecular weight is 388 g/mol. The minimum Gasteiger partial charge on any atom is -0.478 e. The highest BCUT2D eigenvalue weighted by atomic mass is 35.5. The number of hydrogen-bond acceptors (Lipinski definition) is 4. The molecule has 0 saturated carbocycles. The highest BCUT2D eigenvalue weighted by molar-refractivity contribution is 6.31. The molecule has 0 atom stereocenters. The lowest BCUT2D eigenvalue weighted by molar-refractivity contribution is 0.0697. The molecule has 2 aromatic rings. The Hall–Kier alpha value is -2.57. The second kappa shape index (κ2) is 8.41. The van der Waals surface area contributed by atoms with Gasteiger partial charge in [0.15, 0.2) is 0 Å². The number of nitrogens with zero attached hydrogens (tertiary/aromatic N) is 2. The van der Waals surface area contributed by atoms with Crippen molar-refractivity contribution in [2.75, 3.05) is 42.9 Å². The van der Waals surface area contributed by atoms with Gasteiger partial charge in [0.1, 0.15) is 0 Å². The third kappa shape index (κ3) is 4.59. The van der Waals surface area contributed by atoms with E-state index in [1.54, 1.807) is 36.4 Å². The molecule has 1 aliphatic heterocycles.